The summed E-state index contributed by atoms with van der Waals surface area (Å²) >= 11 is 17.2. The standard InChI is InChI=1S/C16H23ClN6O2.C11H22N2O2.C5H2Cl2N4/c1-16(2,3)25-15(24)20-10-6-4-9(5-7-10)19-12-11-8-18-23-13(11)22-14(17)21-12;1-11(2,3)15-10(14)13-9-6-4-8(12)5-7-9;6-3-2-1-8-11-4(2)10-5(7)9-3/h8-10H,4-7H2,1-3H3,(H,20,24)(H2,18,19,21,22,23);8-9H,4-7,12H2,1-3H3,(H,13,14);1H,(H,8,9,10,11). The molecule has 51 heavy (non-hydrogen) atoms. The molecule has 2 aliphatic rings. The van der Waals surface area contributed by atoms with E-state index in [4.69, 9.17) is 50.0 Å². The molecular weight excluding hydrogens is 723 g/mol. The molecule has 2 fully saturated rings. The van der Waals surface area contributed by atoms with Gasteiger partial charge in [-0.1, -0.05) is 11.6 Å². The molecule has 7 N–H and O–H groups in total. The zero-order valence-electron chi connectivity index (χ0n) is 29.6. The fourth-order valence-electron chi connectivity index (χ4n) is 5.48. The minimum Gasteiger partial charge on any atom is -0.444 e. The highest BCUT2D eigenvalue weighted by molar-refractivity contribution is 6.35. The van der Waals surface area contributed by atoms with Gasteiger partial charge in [0.15, 0.2) is 11.3 Å². The summed E-state index contributed by atoms with van der Waals surface area (Å²) in [5.41, 5.74) is 6.05. The molecule has 0 bridgehead atoms. The van der Waals surface area contributed by atoms with E-state index in [9.17, 15) is 9.59 Å². The van der Waals surface area contributed by atoms with Crippen LogP contribution >= 0.6 is 34.8 Å². The number of hydrogen-bond donors (Lipinski definition) is 6. The van der Waals surface area contributed by atoms with E-state index in [1.807, 2.05) is 41.5 Å². The van der Waals surface area contributed by atoms with Crippen LogP contribution in [0, 0.1) is 0 Å². The third-order valence-corrected chi connectivity index (χ3v) is 8.43. The minimum atomic E-state index is -0.481. The number of halogens is 3. The highest BCUT2D eigenvalue weighted by atomic mass is 35.5. The number of aromatic amines is 2. The van der Waals surface area contributed by atoms with E-state index in [1.54, 1.807) is 12.4 Å². The van der Waals surface area contributed by atoms with E-state index in [-0.39, 0.29) is 40.9 Å². The van der Waals surface area contributed by atoms with Gasteiger partial charge in [-0.2, -0.15) is 25.1 Å². The summed E-state index contributed by atoms with van der Waals surface area (Å²) in [5.74, 6) is 0.687. The van der Waals surface area contributed by atoms with Crippen LogP contribution in [0.5, 0.6) is 0 Å². The number of nitrogens with one attached hydrogen (secondary N) is 5. The summed E-state index contributed by atoms with van der Waals surface area (Å²) in [7, 11) is 0. The highest BCUT2D eigenvalue weighted by Gasteiger charge is 2.26. The van der Waals surface area contributed by atoms with Crippen LogP contribution in [0.4, 0.5) is 15.4 Å². The van der Waals surface area contributed by atoms with Crippen LogP contribution in [0.25, 0.3) is 22.1 Å². The number of H-pyrrole nitrogens is 2. The molecule has 19 heteroatoms. The van der Waals surface area contributed by atoms with Crippen LogP contribution in [-0.2, 0) is 9.47 Å². The van der Waals surface area contributed by atoms with Crippen molar-refractivity contribution in [1.29, 1.82) is 0 Å². The van der Waals surface area contributed by atoms with E-state index in [2.05, 4.69) is 56.3 Å². The van der Waals surface area contributed by atoms with Crippen molar-refractivity contribution >= 4 is 74.9 Å². The molecule has 0 spiro atoms. The average Bonchev–Trinajstić information content (AvgIpc) is 3.68. The van der Waals surface area contributed by atoms with Crippen molar-refractivity contribution in [2.45, 2.75) is 128 Å². The molecule has 0 unspecified atom stereocenters. The maximum atomic E-state index is 11.9. The van der Waals surface area contributed by atoms with E-state index >= 15 is 0 Å². The Morgan fingerprint density at radius 2 is 1.12 bits per heavy atom. The first-order valence-electron chi connectivity index (χ1n) is 16.8. The summed E-state index contributed by atoms with van der Waals surface area (Å²) in [6, 6.07) is 0.943. The molecule has 4 aromatic heterocycles. The normalized spacial score (nSPS) is 20.7. The highest BCUT2D eigenvalue weighted by Crippen LogP contribution is 2.26. The number of carbonyl (C=O) groups is 2. The molecule has 0 atom stereocenters. The largest absolute Gasteiger partial charge is 0.444 e. The predicted molar refractivity (Wildman–Crippen MR) is 197 cm³/mol. The molecule has 0 radical (unpaired) electrons. The SMILES string of the molecule is CC(C)(C)OC(=O)NC1CCC(N)CC1.CC(C)(C)OC(=O)NC1CCC(Nc2nc(Cl)nc3[nH]ncc23)CC1.Clc1nc(Cl)c2cn[nH]c2n1. The minimum absolute atomic E-state index is 0.117. The zero-order chi connectivity index (χ0) is 37.3. The van der Waals surface area contributed by atoms with Gasteiger partial charge >= 0.3 is 12.2 Å². The van der Waals surface area contributed by atoms with Gasteiger partial charge in [0.25, 0.3) is 0 Å². The fraction of sp³-hybridized carbons (Fsp3) is 0.625. The first kappa shape index (κ1) is 40.0. The van der Waals surface area contributed by atoms with Gasteiger partial charge in [0.2, 0.25) is 10.6 Å². The lowest BCUT2D eigenvalue weighted by Gasteiger charge is -2.30. The third-order valence-electron chi connectivity index (χ3n) is 7.80. The van der Waals surface area contributed by atoms with Gasteiger partial charge in [0.1, 0.15) is 22.2 Å². The van der Waals surface area contributed by atoms with Crippen molar-refractivity contribution in [2.75, 3.05) is 5.32 Å². The number of alkyl carbamates (subject to hydrolysis) is 2. The quantitative estimate of drug-likeness (QED) is 0.0943. The van der Waals surface area contributed by atoms with Crippen molar-refractivity contribution in [3.8, 4) is 0 Å². The lowest BCUT2D eigenvalue weighted by Crippen LogP contribution is -2.42. The first-order chi connectivity index (χ1) is 23.9. The van der Waals surface area contributed by atoms with Crippen molar-refractivity contribution in [3.63, 3.8) is 0 Å². The van der Waals surface area contributed by atoms with E-state index in [0.717, 1.165) is 56.8 Å². The smallest absolute Gasteiger partial charge is 0.407 e. The van der Waals surface area contributed by atoms with Crippen molar-refractivity contribution in [2.24, 2.45) is 5.73 Å². The molecule has 0 aliphatic heterocycles. The van der Waals surface area contributed by atoms with Crippen LogP contribution in [0.15, 0.2) is 12.4 Å². The van der Waals surface area contributed by atoms with Crippen molar-refractivity contribution < 1.29 is 19.1 Å². The van der Waals surface area contributed by atoms with Gasteiger partial charge in [0, 0.05) is 24.2 Å². The number of aromatic nitrogens is 8. The van der Waals surface area contributed by atoms with Crippen molar-refractivity contribution in [1.82, 2.24) is 51.0 Å². The van der Waals surface area contributed by atoms with Crippen molar-refractivity contribution in [3.05, 3.63) is 28.1 Å². The van der Waals surface area contributed by atoms with Gasteiger partial charge in [-0.25, -0.2) is 14.6 Å². The fourth-order valence-corrected chi connectivity index (χ4v) is 6.08. The topological polar surface area (TPSA) is 224 Å². The number of carbonyl (C=O) groups excluding carboxylic acids is 2. The van der Waals surface area contributed by atoms with Gasteiger partial charge in [-0.05, 0) is 116 Å². The first-order valence-corrected chi connectivity index (χ1v) is 18.0. The second-order valence-corrected chi connectivity index (χ2v) is 15.5. The number of nitrogens with two attached hydrogens (primary N) is 1. The predicted octanol–water partition coefficient (Wildman–Crippen LogP) is 6.69. The zero-order valence-corrected chi connectivity index (χ0v) is 31.9. The van der Waals surface area contributed by atoms with Crippen LogP contribution in [0.3, 0.4) is 0 Å². The van der Waals surface area contributed by atoms with Gasteiger partial charge in [0.05, 0.1) is 23.2 Å². The maximum Gasteiger partial charge on any atom is 0.407 e. The third kappa shape index (κ3) is 13.4. The Hall–Kier alpha value is -3.73. The van der Waals surface area contributed by atoms with Gasteiger partial charge in [-0.15, -0.1) is 0 Å². The molecule has 2 amide bonds. The molecule has 2 saturated carbocycles. The van der Waals surface area contributed by atoms with E-state index < -0.39 is 11.2 Å². The number of anilines is 1. The summed E-state index contributed by atoms with van der Waals surface area (Å²) in [4.78, 5) is 39.3. The number of nitrogens with zero attached hydrogens (tertiary/aromatic N) is 6. The molecule has 0 saturated heterocycles. The number of fused-ring (bicyclic) bond motifs is 2. The monoisotopic (exact) mass is 768 g/mol. The summed E-state index contributed by atoms with van der Waals surface area (Å²) in [6.45, 7) is 11.2. The Bertz CT molecular complexity index is 1740. The Kier molecular flexibility index (Phi) is 13.9. The molecular formula is C32H47Cl3N12O4. The average molecular weight is 770 g/mol. The Morgan fingerprint density at radius 1 is 0.686 bits per heavy atom. The Labute approximate surface area is 311 Å². The molecule has 16 nitrogen and oxygen atoms in total. The Balaban J connectivity index is 0.000000190. The van der Waals surface area contributed by atoms with Crippen LogP contribution in [0.1, 0.15) is 92.9 Å². The molecule has 0 aromatic carbocycles. The number of rotatable bonds is 4. The molecule has 6 rings (SSSR count). The maximum absolute atomic E-state index is 11.9. The number of ether oxygens (including phenoxy) is 2. The number of amides is 2. The van der Waals surface area contributed by atoms with Crippen LogP contribution < -0.4 is 21.7 Å². The van der Waals surface area contributed by atoms with E-state index in [1.165, 1.54) is 0 Å². The molecule has 2 aliphatic carbocycles. The molecule has 280 valence electrons. The second-order valence-electron chi connectivity index (χ2n) is 14.5. The van der Waals surface area contributed by atoms with Crippen LogP contribution in [0.2, 0.25) is 15.7 Å². The summed E-state index contributed by atoms with van der Waals surface area (Å²) in [6.07, 6.45) is 10.0. The van der Waals surface area contributed by atoms with Gasteiger partial charge in [-0.3, -0.25) is 10.2 Å². The lowest BCUT2D eigenvalue weighted by molar-refractivity contribution is 0.0480. The summed E-state index contributed by atoms with van der Waals surface area (Å²) in [5, 5.41) is 24.5. The summed E-state index contributed by atoms with van der Waals surface area (Å²) < 4.78 is 10.5. The molecule has 4 heterocycles. The molecule has 4 aromatic rings. The van der Waals surface area contributed by atoms with E-state index in [0.29, 0.717) is 33.7 Å². The lowest BCUT2D eigenvalue weighted by atomic mass is 9.91. The number of hydrogen-bond acceptors (Lipinski definition) is 12. The Morgan fingerprint density at radius 3 is 1.63 bits per heavy atom. The second kappa shape index (κ2) is 17.7. The van der Waals surface area contributed by atoms with Gasteiger partial charge < -0.3 is 31.2 Å². The van der Waals surface area contributed by atoms with Crippen LogP contribution in [-0.4, -0.2) is 87.9 Å².